The van der Waals surface area contributed by atoms with Crippen LogP contribution in [0, 0.1) is 17.0 Å². The Morgan fingerprint density at radius 2 is 1.96 bits per heavy atom. The number of fused-ring (bicyclic) bond motifs is 2. The van der Waals surface area contributed by atoms with Crippen molar-refractivity contribution in [2.45, 2.75) is 26.1 Å². The van der Waals surface area contributed by atoms with Crippen molar-refractivity contribution in [3.8, 4) is 39.5 Å². The zero-order valence-electron chi connectivity index (χ0n) is 25.9. The maximum atomic E-state index is 16.0. The number of nitrogens with one attached hydrogen (secondary N) is 2. The molecule has 1 unspecified atom stereocenters. The van der Waals surface area contributed by atoms with E-state index >= 15 is 4.39 Å². The summed E-state index contributed by atoms with van der Waals surface area (Å²) in [5.74, 6) is -2.31. The largest absolute Gasteiger partial charge is 0.490 e. The number of pyridine rings is 1. The van der Waals surface area contributed by atoms with Crippen LogP contribution in [0.4, 0.5) is 23.2 Å². The SMILES string of the molecule is C=CC(=O)N1CCn2nc(-c3nc(-c4ccc(C=N)c(NC)c4)c4ccsc4c3-c3c(F)cc(F)cc3OCCOC(F)F)cc2C1C. The van der Waals surface area contributed by atoms with Crippen molar-refractivity contribution in [3.63, 3.8) is 0 Å². The zero-order chi connectivity index (χ0) is 34.1. The number of ether oxygens (including phenoxy) is 2. The average molecular weight is 679 g/mol. The monoisotopic (exact) mass is 678 g/mol. The molecule has 6 rings (SSSR count). The Labute approximate surface area is 276 Å². The van der Waals surface area contributed by atoms with Gasteiger partial charge in [-0.3, -0.25) is 9.48 Å². The lowest BCUT2D eigenvalue weighted by Crippen LogP contribution is -2.40. The van der Waals surface area contributed by atoms with Crippen LogP contribution in [0.3, 0.4) is 0 Å². The van der Waals surface area contributed by atoms with Gasteiger partial charge in [0.25, 0.3) is 0 Å². The molecule has 0 bridgehead atoms. The minimum absolute atomic E-state index is 0.118. The summed E-state index contributed by atoms with van der Waals surface area (Å²) in [6.45, 7) is 2.32. The maximum Gasteiger partial charge on any atom is 0.345 e. The van der Waals surface area contributed by atoms with Gasteiger partial charge in [-0.2, -0.15) is 13.9 Å². The van der Waals surface area contributed by atoms with E-state index in [1.165, 1.54) is 23.6 Å². The molecule has 0 saturated heterocycles. The van der Waals surface area contributed by atoms with Crippen LogP contribution in [0.1, 0.15) is 24.2 Å². The van der Waals surface area contributed by atoms with Crippen LogP contribution in [-0.2, 0) is 16.1 Å². The minimum Gasteiger partial charge on any atom is -0.490 e. The van der Waals surface area contributed by atoms with Crippen LogP contribution in [0.25, 0.3) is 43.9 Å². The van der Waals surface area contributed by atoms with E-state index in [2.05, 4.69) is 16.6 Å². The number of amides is 1. The fourth-order valence-electron chi connectivity index (χ4n) is 5.94. The second-order valence-corrected chi connectivity index (χ2v) is 11.8. The Balaban J connectivity index is 1.61. The van der Waals surface area contributed by atoms with Crippen molar-refractivity contribution in [2.75, 3.05) is 32.1 Å². The number of benzene rings is 2. The quantitative estimate of drug-likeness (QED) is 0.0648. The molecule has 14 heteroatoms. The van der Waals surface area contributed by atoms with Crippen molar-refractivity contribution in [1.82, 2.24) is 19.7 Å². The van der Waals surface area contributed by atoms with E-state index in [0.29, 0.717) is 51.4 Å². The highest BCUT2D eigenvalue weighted by Gasteiger charge is 2.31. The van der Waals surface area contributed by atoms with E-state index in [1.807, 2.05) is 30.5 Å². The van der Waals surface area contributed by atoms with E-state index in [1.54, 1.807) is 28.8 Å². The molecular weight excluding hydrogens is 648 g/mol. The number of hydrogen-bond donors (Lipinski definition) is 2. The van der Waals surface area contributed by atoms with Crippen LogP contribution in [0.5, 0.6) is 5.75 Å². The van der Waals surface area contributed by atoms with Gasteiger partial charge in [0, 0.05) is 64.4 Å². The lowest BCUT2D eigenvalue weighted by atomic mass is 9.96. The zero-order valence-corrected chi connectivity index (χ0v) is 26.7. The smallest absolute Gasteiger partial charge is 0.345 e. The van der Waals surface area contributed by atoms with Gasteiger partial charge in [-0.15, -0.1) is 11.3 Å². The van der Waals surface area contributed by atoms with Gasteiger partial charge in [0.2, 0.25) is 5.91 Å². The third-order valence-electron chi connectivity index (χ3n) is 8.17. The maximum absolute atomic E-state index is 16.0. The van der Waals surface area contributed by atoms with Gasteiger partial charge in [-0.05, 0) is 36.6 Å². The van der Waals surface area contributed by atoms with Crippen LogP contribution in [0.2, 0.25) is 0 Å². The van der Waals surface area contributed by atoms with Crippen molar-refractivity contribution < 1.29 is 31.8 Å². The second kappa shape index (κ2) is 13.6. The molecule has 48 heavy (non-hydrogen) atoms. The fourth-order valence-corrected chi connectivity index (χ4v) is 6.89. The number of alkyl halides is 2. The first-order valence-corrected chi connectivity index (χ1v) is 15.8. The molecule has 3 aromatic heterocycles. The third kappa shape index (κ3) is 6.04. The third-order valence-corrected chi connectivity index (χ3v) is 9.10. The van der Waals surface area contributed by atoms with Crippen molar-refractivity contribution in [2.24, 2.45) is 0 Å². The number of anilines is 1. The molecule has 0 spiro atoms. The molecule has 0 aliphatic carbocycles. The van der Waals surface area contributed by atoms with Gasteiger partial charge in [0.05, 0.1) is 36.1 Å². The van der Waals surface area contributed by atoms with Gasteiger partial charge in [0.15, 0.2) is 0 Å². The summed E-state index contributed by atoms with van der Waals surface area (Å²) in [5, 5.41) is 18.2. The van der Waals surface area contributed by atoms with Crippen molar-refractivity contribution in [1.29, 1.82) is 5.41 Å². The first-order chi connectivity index (χ1) is 23.1. The standard InChI is InChI=1S/C34H30F4N6O3S/c1-4-28(45)43-8-9-44-26(18(43)2)16-25(42-44)32-30(29-23(36)14-21(35)15-27(29)46-10-11-47-34(37)38)33-22(7-12-48-33)31(41-32)19-5-6-20(17-39)24(13-19)40-3/h4-7,12-18,34,39-40H,1,8-11H2,2-3H3. The van der Waals surface area contributed by atoms with Crippen molar-refractivity contribution >= 4 is 39.2 Å². The number of hydrogen-bond acceptors (Lipinski definition) is 8. The Hall–Kier alpha value is -5.08. The highest BCUT2D eigenvalue weighted by molar-refractivity contribution is 7.18. The molecule has 0 saturated carbocycles. The Kier molecular flexibility index (Phi) is 9.29. The summed E-state index contributed by atoms with van der Waals surface area (Å²) < 4.78 is 68.3. The Bertz CT molecular complexity index is 2050. The van der Waals surface area contributed by atoms with E-state index in [0.717, 1.165) is 17.8 Å². The molecule has 0 fully saturated rings. The lowest BCUT2D eigenvalue weighted by molar-refractivity contribution is -0.133. The molecule has 1 aliphatic rings. The number of carbonyl (C=O) groups excluding carboxylic acids is 1. The van der Waals surface area contributed by atoms with E-state index < -0.39 is 31.5 Å². The predicted octanol–water partition coefficient (Wildman–Crippen LogP) is 7.52. The molecule has 1 amide bonds. The number of nitrogens with zero attached hydrogens (tertiary/aromatic N) is 4. The van der Waals surface area contributed by atoms with Crippen LogP contribution in [0.15, 0.2) is 60.5 Å². The number of halogens is 4. The molecule has 2 aromatic carbocycles. The molecule has 248 valence electrons. The summed E-state index contributed by atoms with van der Waals surface area (Å²) in [7, 11) is 1.75. The number of carbonyl (C=O) groups is 1. The first kappa shape index (κ1) is 32.8. The highest BCUT2D eigenvalue weighted by Crippen LogP contribution is 2.47. The fraction of sp³-hybridized carbons (Fsp3) is 0.235. The summed E-state index contributed by atoms with van der Waals surface area (Å²) in [6, 6.07) is 10.5. The molecule has 1 aliphatic heterocycles. The molecule has 0 radical (unpaired) electrons. The topological polar surface area (TPSA) is 105 Å². The normalized spacial score (nSPS) is 14.3. The highest BCUT2D eigenvalue weighted by atomic mass is 32.1. The van der Waals surface area contributed by atoms with Crippen LogP contribution in [-0.4, -0.2) is 65.2 Å². The molecule has 9 nitrogen and oxygen atoms in total. The summed E-state index contributed by atoms with van der Waals surface area (Å²) in [4.78, 5) is 19.3. The van der Waals surface area contributed by atoms with E-state index in [4.69, 9.17) is 20.2 Å². The lowest BCUT2D eigenvalue weighted by Gasteiger charge is -2.33. The van der Waals surface area contributed by atoms with E-state index in [9.17, 15) is 18.0 Å². The van der Waals surface area contributed by atoms with Gasteiger partial charge in [-0.25, -0.2) is 13.8 Å². The molecule has 4 heterocycles. The Morgan fingerprint density at radius 3 is 2.69 bits per heavy atom. The van der Waals surface area contributed by atoms with Gasteiger partial charge >= 0.3 is 6.61 Å². The minimum atomic E-state index is -3.03. The second-order valence-electron chi connectivity index (χ2n) is 10.9. The Morgan fingerprint density at radius 1 is 1.15 bits per heavy atom. The van der Waals surface area contributed by atoms with E-state index in [-0.39, 0.29) is 34.5 Å². The molecule has 1 atom stereocenters. The summed E-state index contributed by atoms with van der Waals surface area (Å²) >= 11 is 1.31. The van der Waals surface area contributed by atoms with Crippen LogP contribution >= 0.6 is 11.3 Å². The summed E-state index contributed by atoms with van der Waals surface area (Å²) in [6.07, 6.45) is 2.49. The molecule has 5 aromatic rings. The predicted molar refractivity (Wildman–Crippen MR) is 177 cm³/mol. The van der Waals surface area contributed by atoms with Crippen molar-refractivity contribution in [3.05, 3.63) is 83.4 Å². The number of rotatable bonds is 11. The van der Waals surface area contributed by atoms with Gasteiger partial charge in [-0.1, -0.05) is 18.7 Å². The molecular formula is C34H30F4N6O3S. The first-order valence-electron chi connectivity index (χ1n) is 14.9. The number of thiophene rings is 1. The molecule has 2 N–H and O–H groups in total. The van der Waals surface area contributed by atoms with Gasteiger partial charge in [0.1, 0.15) is 35.4 Å². The average Bonchev–Trinajstić information content (AvgIpc) is 3.74. The number of aromatic nitrogens is 3. The summed E-state index contributed by atoms with van der Waals surface area (Å²) in [5.41, 5.74) is 4.14. The van der Waals surface area contributed by atoms with Gasteiger partial charge < -0.3 is 25.1 Å². The van der Waals surface area contributed by atoms with Crippen LogP contribution < -0.4 is 10.1 Å².